The molecular weight excluding hydrogens is 206 g/mol. The maximum Gasteiger partial charge on any atom is 0.109 e. The molecule has 1 atom stereocenters. The van der Waals surface area contributed by atoms with Crippen molar-refractivity contribution in [2.75, 3.05) is 0 Å². The molecule has 0 saturated heterocycles. The molecule has 4 heteroatoms. The monoisotopic (exact) mass is 219 g/mol. The summed E-state index contributed by atoms with van der Waals surface area (Å²) in [5.41, 5.74) is 7.02. The number of hydrogen-bond acceptors (Lipinski definition) is 3. The van der Waals surface area contributed by atoms with Gasteiger partial charge in [0.15, 0.2) is 0 Å². The first-order valence-corrected chi connectivity index (χ1v) is 6.06. The van der Waals surface area contributed by atoms with Crippen LogP contribution in [-0.4, -0.2) is 15.6 Å². The molecule has 2 aromatic rings. The lowest BCUT2D eigenvalue weighted by Crippen LogP contribution is -2.31. The summed E-state index contributed by atoms with van der Waals surface area (Å²) >= 11 is 1.73. The minimum absolute atomic E-state index is 0.294. The van der Waals surface area contributed by atoms with Gasteiger partial charge >= 0.3 is 0 Å². The molecule has 3 rings (SSSR count). The normalized spacial score (nSPS) is 20.2. The Balaban J connectivity index is 2.00. The third-order valence-corrected chi connectivity index (χ3v) is 3.70. The second-order valence-corrected chi connectivity index (χ2v) is 4.92. The number of fused-ring (bicyclic) bond motifs is 1. The first-order valence-electron chi connectivity index (χ1n) is 5.18. The lowest BCUT2D eigenvalue weighted by molar-refractivity contribution is 0.453. The fraction of sp³-hybridized carbons (Fsp3) is 0.364. The summed E-state index contributed by atoms with van der Waals surface area (Å²) in [5, 5.41) is 2.08. The van der Waals surface area contributed by atoms with Gasteiger partial charge in [0.1, 0.15) is 5.82 Å². The molecule has 1 aliphatic rings. The van der Waals surface area contributed by atoms with Crippen LogP contribution in [0.3, 0.4) is 0 Å². The smallest absolute Gasteiger partial charge is 0.109 e. The van der Waals surface area contributed by atoms with E-state index in [0.717, 1.165) is 25.1 Å². The van der Waals surface area contributed by atoms with Gasteiger partial charge in [-0.3, -0.25) is 0 Å². The molecule has 3 heterocycles. The van der Waals surface area contributed by atoms with E-state index in [1.165, 1.54) is 10.7 Å². The summed E-state index contributed by atoms with van der Waals surface area (Å²) in [6.45, 7) is 0.910. The highest BCUT2D eigenvalue weighted by Gasteiger charge is 2.17. The van der Waals surface area contributed by atoms with Gasteiger partial charge in [-0.15, -0.1) is 11.3 Å². The topological polar surface area (TPSA) is 43.8 Å². The van der Waals surface area contributed by atoms with Gasteiger partial charge in [0.2, 0.25) is 0 Å². The van der Waals surface area contributed by atoms with E-state index < -0.39 is 0 Å². The van der Waals surface area contributed by atoms with Crippen molar-refractivity contribution in [1.82, 2.24) is 9.55 Å². The second kappa shape index (κ2) is 3.47. The molecule has 0 spiro atoms. The molecule has 0 aliphatic carbocycles. The zero-order chi connectivity index (χ0) is 10.3. The van der Waals surface area contributed by atoms with Gasteiger partial charge in [-0.2, -0.15) is 0 Å². The Morgan fingerprint density at radius 2 is 2.47 bits per heavy atom. The van der Waals surface area contributed by atoms with Crippen LogP contribution in [0.25, 0.3) is 10.6 Å². The molecule has 2 aromatic heterocycles. The second-order valence-electron chi connectivity index (χ2n) is 3.97. The number of imidazole rings is 1. The summed E-state index contributed by atoms with van der Waals surface area (Å²) in [5.74, 6) is 1.18. The molecule has 0 saturated carbocycles. The molecule has 78 valence electrons. The number of aromatic nitrogens is 2. The molecule has 0 radical (unpaired) electrons. The van der Waals surface area contributed by atoms with E-state index in [1.54, 1.807) is 11.3 Å². The van der Waals surface area contributed by atoms with Crippen molar-refractivity contribution in [3.8, 4) is 10.6 Å². The Hall–Kier alpha value is -1.13. The van der Waals surface area contributed by atoms with Gasteiger partial charge in [0.25, 0.3) is 0 Å². The van der Waals surface area contributed by atoms with Crippen LogP contribution in [0, 0.1) is 0 Å². The summed E-state index contributed by atoms with van der Waals surface area (Å²) < 4.78 is 2.20. The van der Waals surface area contributed by atoms with Crippen molar-refractivity contribution in [3.05, 3.63) is 29.5 Å². The summed E-state index contributed by atoms with van der Waals surface area (Å²) in [4.78, 5) is 5.89. The van der Waals surface area contributed by atoms with Crippen LogP contribution < -0.4 is 5.73 Å². The van der Waals surface area contributed by atoms with Crippen molar-refractivity contribution in [2.45, 2.75) is 25.4 Å². The van der Waals surface area contributed by atoms with Crippen molar-refractivity contribution in [1.29, 1.82) is 0 Å². The quantitative estimate of drug-likeness (QED) is 0.796. The van der Waals surface area contributed by atoms with Crippen molar-refractivity contribution in [3.63, 3.8) is 0 Å². The number of hydrogen-bond donors (Lipinski definition) is 1. The van der Waals surface area contributed by atoms with Gasteiger partial charge in [-0.1, -0.05) is 6.07 Å². The molecule has 1 unspecified atom stereocenters. The van der Waals surface area contributed by atoms with Gasteiger partial charge in [-0.25, -0.2) is 4.98 Å². The van der Waals surface area contributed by atoms with Crippen LogP contribution in [0.4, 0.5) is 0 Å². The lowest BCUT2D eigenvalue weighted by Gasteiger charge is -2.19. The zero-order valence-corrected chi connectivity index (χ0v) is 9.20. The van der Waals surface area contributed by atoms with Gasteiger partial charge in [0.05, 0.1) is 10.6 Å². The van der Waals surface area contributed by atoms with Crippen molar-refractivity contribution < 1.29 is 0 Å². The summed E-state index contributed by atoms with van der Waals surface area (Å²) in [7, 11) is 0. The average Bonchev–Trinajstić information content (AvgIpc) is 2.84. The van der Waals surface area contributed by atoms with Crippen LogP contribution in [-0.2, 0) is 13.0 Å². The summed E-state index contributed by atoms with van der Waals surface area (Å²) in [6, 6.07) is 4.46. The predicted molar refractivity (Wildman–Crippen MR) is 61.8 cm³/mol. The van der Waals surface area contributed by atoms with Gasteiger partial charge < -0.3 is 10.3 Å². The number of aryl methyl sites for hydroxylation is 1. The van der Waals surface area contributed by atoms with Crippen molar-refractivity contribution in [2.24, 2.45) is 5.73 Å². The first-order chi connectivity index (χ1) is 7.33. The molecule has 0 fully saturated rings. The molecule has 0 aromatic carbocycles. The van der Waals surface area contributed by atoms with E-state index in [9.17, 15) is 0 Å². The molecule has 1 aliphatic heterocycles. The molecule has 2 N–H and O–H groups in total. The third kappa shape index (κ3) is 1.60. The standard InChI is InChI=1S/C11H13N3S/c12-8-3-4-11-13-9(7-14(11)6-8)10-2-1-5-15-10/h1-2,5,7-8H,3-4,6,12H2. The van der Waals surface area contributed by atoms with E-state index in [-0.39, 0.29) is 0 Å². The van der Waals surface area contributed by atoms with E-state index >= 15 is 0 Å². The maximum atomic E-state index is 5.93. The number of nitrogens with zero attached hydrogens (tertiary/aromatic N) is 2. The predicted octanol–water partition coefficient (Wildman–Crippen LogP) is 1.89. The zero-order valence-electron chi connectivity index (χ0n) is 8.39. The fourth-order valence-corrected chi connectivity index (χ4v) is 2.69. The highest BCUT2D eigenvalue weighted by Crippen LogP contribution is 2.25. The van der Waals surface area contributed by atoms with E-state index in [1.807, 2.05) is 0 Å². The number of rotatable bonds is 1. The summed E-state index contributed by atoms with van der Waals surface area (Å²) in [6.07, 6.45) is 4.19. The first kappa shape index (κ1) is 9.12. The van der Waals surface area contributed by atoms with E-state index in [2.05, 4.69) is 33.3 Å². The minimum atomic E-state index is 0.294. The largest absolute Gasteiger partial charge is 0.333 e. The minimum Gasteiger partial charge on any atom is -0.333 e. The number of thiophene rings is 1. The molecule has 0 bridgehead atoms. The molecular formula is C11H13N3S. The van der Waals surface area contributed by atoms with Gasteiger partial charge in [0, 0.05) is 25.2 Å². The molecule has 0 amide bonds. The Morgan fingerprint density at radius 3 is 3.27 bits per heavy atom. The van der Waals surface area contributed by atoms with Crippen LogP contribution in [0.5, 0.6) is 0 Å². The lowest BCUT2D eigenvalue weighted by atomic mass is 10.1. The van der Waals surface area contributed by atoms with Gasteiger partial charge in [-0.05, 0) is 17.9 Å². The van der Waals surface area contributed by atoms with Crippen LogP contribution >= 0.6 is 11.3 Å². The van der Waals surface area contributed by atoms with Crippen LogP contribution in [0.15, 0.2) is 23.7 Å². The molecule has 15 heavy (non-hydrogen) atoms. The van der Waals surface area contributed by atoms with Crippen LogP contribution in [0.1, 0.15) is 12.2 Å². The third-order valence-electron chi connectivity index (χ3n) is 2.80. The van der Waals surface area contributed by atoms with Crippen LogP contribution in [0.2, 0.25) is 0 Å². The number of nitrogens with two attached hydrogens (primary N) is 1. The SMILES string of the molecule is NC1CCc2nc(-c3cccs3)cn2C1. The Labute approximate surface area is 92.6 Å². The fourth-order valence-electron chi connectivity index (χ4n) is 2.01. The van der Waals surface area contributed by atoms with E-state index in [4.69, 9.17) is 5.73 Å². The Morgan fingerprint density at radius 1 is 1.53 bits per heavy atom. The molecule has 3 nitrogen and oxygen atoms in total. The highest BCUT2D eigenvalue weighted by atomic mass is 32.1. The Kier molecular flexibility index (Phi) is 2.11. The van der Waals surface area contributed by atoms with Crippen molar-refractivity contribution >= 4 is 11.3 Å². The van der Waals surface area contributed by atoms with E-state index in [0.29, 0.717) is 6.04 Å². The Bertz CT molecular complexity index is 458. The average molecular weight is 219 g/mol. The maximum absolute atomic E-state index is 5.93. The highest BCUT2D eigenvalue weighted by molar-refractivity contribution is 7.13.